The second-order valence-electron chi connectivity index (χ2n) is 6.26. The Bertz CT molecular complexity index is 694. The lowest BCUT2D eigenvalue weighted by Gasteiger charge is -2.34. The Morgan fingerprint density at radius 2 is 1.79 bits per heavy atom. The van der Waals surface area contributed by atoms with Crippen molar-refractivity contribution in [2.45, 2.75) is 6.92 Å². The van der Waals surface area contributed by atoms with E-state index < -0.39 is 0 Å². The first-order valence-corrected chi connectivity index (χ1v) is 9.11. The van der Waals surface area contributed by atoms with E-state index in [2.05, 4.69) is 57.3 Å². The van der Waals surface area contributed by atoms with E-state index in [1.165, 1.54) is 16.2 Å². The molecular weight excluding hydrogens is 366 g/mol. The molecule has 0 aromatic heterocycles. The van der Waals surface area contributed by atoms with Gasteiger partial charge >= 0.3 is 0 Å². The summed E-state index contributed by atoms with van der Waals surface area (Å²) in [6.45, 7) is 6.64. The first-order chi connectivity index (χ1) is 11.6. The SMILES string of the molecule is Cc1ccccc1N1CC[NH+](CC(=O)Nc2ccc(Br)cc2)CC1. The summed E-state index contributed by atoms with van der Waals surface area (Å²) >= 11 is 3.40. The molecule has 5 heteroatoms. The quantitative estimate of drug-likeness (QED) is 0.841. The van der Waals surface area contributed by atoms with Crippen molar-refractivity contribution in [3.05, 3.63) is 58.6 Å². The molecule has 1 fully saturated rings. The molecule has 1 aliphatic rings. The smallest absolute Gasteiger partial charge is 0.279 e. The third-order valence-corrected chi connectivity index (χ3v) is 4.99. The normalized spacial score (nSPS) is 15.3. The fraction of sp³-hybridized carbons (Fsp3) is 0.316. The monoisotopic (exact) mass is 388 g/mol. The van der Waals surface area contributed by atoms with Crippen molar-refractivity contribution in [3.63, 3.8) is 0 Å². The summed E-state index contributed by atoms with van der Waals surface area (Å²) in [7, 11) is 0. The number of anilines is 2. The van der Waals surface area contributed by atoms with Gasteiger partial charge in [-0.25, -0.2) is 0 Å². The topological polar surface area (TPSA) is 36.8 Å². The molecule has 0 aliphatic carbocycles. The van der Waals surface area contributed by atoms with Gasteiger partial charge in [0.2, 0.25) is 0 Å². The fourth-order valence-corrected chi connectivity index (χ4v) is 3.39. The minimum Gasteiger partial charge on any atom is -0.360 e. The molecule has 126 valence electrons. The van der Waals surface area contributed by atoms with E-state index in [1.54, 1.807) is 0 Å². The number of quaternary nitrogens is 1. The molecule has 0 atom stereocenters. The lowest BCUT2D eigenvalue weighted by atomic mass is 10.1. The van der Waals surface area contributed by atoms with Crippen LogP contribution in [0.2, 0.25) is 0 Å². The van der Waals surface area contributed by atoms with E-state index in [0.717, 1.165) is 36.3 Å². The standard InChI is InChI=1S/C19H22BrN3O/c1-15-4-2-3-5-18(15)23-12-10-22(11-13-23)14-19(24)21-17-8-6-16(20)7-9-17/h2-9H,10-14H2,1H3,(H,21,24)/p+1. The van der Waals surface area contributed by atoms with Crippen LogP contribution < -0.4 is 15.1 Å². The number of para-hydroxylation sites is 1. The molecule has 4 nitrogen and oxygen atoms in total. The molecule has 0 saturated carbocycles. The minimum atomic E-state index is 0.0802. The van der Waals surface area contributed by atoms with Crippen molar-refractivity contribution < 1.29 is 9.69 Å². The molecule has 24 heavy (non-hydrogen) atoms. The number of rotatable bonds is 4. The first kappa shape index (κ1) is 17.0. The highest BCUT2D eigenvalue weighted by Crippen LogP contribution is 2.18. The zero-order chi connectivity index (χ0) is 16.9. The third kappa shape index (κ3) is 4.36. The van der Waals surface area contributed by atoms with Crippen molar-refractivity contribution in [3.8, 4) is 0 Å². The van der Waals surface area contributed by atoms with Gasteiger partial charge in [-0.3, -0.25) is 4.79 Å². The Morgan fingerprint density at radius 3 is 2.46 bits per heavy atom. The average molecular weight is 389 g/mol. The van der Waals surface area contributed by atoms with Gasteiger partial charge in [0, 0.05) is 15.8 Å². The molecule has 3 rings (SSSR count). The van der Waals surface area contributed by atoms with Gasteiger partial charge in [-0.15, -0.1) is 0 Å². The van der Waals surface area contributed by atoms with Gasteiger partial charge in [0.1, 0.15) is 0 Å². The largest absolute Gasteiger partial charge is 0.360 e. The van der Waals surface area contributed by atoms with Crippen LogP contribution in [0.1, 0.15) is 5.56 Å². The number of nitrogens with one attached hydrogen (secondary N) is 2. The molecule has 0 radical (unpaired) electrons. The van der Waals surface area contributed by atoms with Gasteiger partial charge in [0.15, 0.2) is 6.54 Å². The number of carbonyl (C=O) groups excluding carboxylic acids is 1. The molecule has 1 heterocycles. The Kier molecular flexibility index (Phi) is 5.53. The first-order valence-electron chi connectivity index (χ1n) is 8.31. The second kappa shape index (κ2) is 7.81. The second-order valence-corrected chi connectivity index (χ2v) is 7.17. The predicted molar refractivity (Wildman–Crippen MR) is 102 cm³/mol. The van der Waals surface area contributed by atoms with Crippen LogP contribution in [0.25, 0.3) is 0 Å². The van der Waals surface area contributed by atoms with Crippen LogP contribution in [0.4, 0.5) is 11.4 Å². The van der Waals surface area contributed by atoms with E-state index in [0.29, 0.717) is 6.54 Å². The lowest BCUT2D eigenvalue weighted by Crippen LogP contribution is -3.15. The number of carbonyl (C=O) groups is 1. The maximum Gasteiger partial charge on any atom is 0.279 e. The van der Waals surface area contributed by atoms with Gasteiger partial charge in [-0.2, -0.15) is 0 Å². The highest BCUT2D eigenvalue weighted by molar-refractivity contribution is 9.10. The molecule has 1 amide bonds. The van der Waals surface area contributed by atoms with E-state index in [9.17, 15) is 4.79 Å². The summed E-state index contributed by atoms with van der Waals surface area (Å²) in [5.74, 6) is 0.0802. The Labute approximate surface area is 151 Å². The summed E-state index contributed by atoms with van der Waals surface area (Å²) in [6, 6.07) is 16.2. The number of benzene rings is 2. The number of piperazine rings is 1. The molecular formula is C19H23BrN3O+. The molecule has 2 aromatic rings. The van der Waals surface area contributed by atoms with Crippen LogP contribution in [-0.4, -0.2) is 38.6 Å². The summed E-state index contributed by atoms with van der Waals surface area (Å²) in [5.41, 5.74) is 3.48. The Balaban J connectivity index is 1.49. The van der Waals surface area contributed by atoms with E-state index in [4.69, 9.17) is 0 Å². The van der Waals surface area contributed by atoms with Crippen LogP contribution in [0.15, 0.2) is 53.0 Å². The van der Waals surface area contributed by atoms with Gasteiger partial charge in [0.25, 0.3) is 5.91 Å². The number of halogens is 1. The zero-order valence-corrected chi connectivity index (χ0v) is 15.5. The van der Waals surface area contributed by atoms with Crippen molar-refractivity contribution in [1.29, 1.82) is 0 Å². The van der Waals surface area contributed by atoms with E-state index >= 15 is 0 Å². The van der Waals surface area contributed by atoms with Crippen LogP contribution in [-0.2, 0) is 4.79 Å². The number of aryl methyl sites for hydroxylation is 1. The zero-order valence-electron chi connectivity index (χ0n) is 13.9. The molecule has 0 unspecified atom stereocenters. The molecule has 1 saturated heterocycles. The molecule has 0 bridgehead atoms. The maximum absolute atomic E-state index is 12.2. The van der Waals surface area contributed by atoms with Crippen LogP contribution in [0.5, 0.6) is 0 Å². The van der Waals surface area contributed by atoms with Crippen LogP contribution in [0.3, 0.4) is 0 Å². The summed E-state index contributed by atoms with van der Waals surface area (Å²) in [4.78, 5) is 16.0. The van der Waals surface area contributed by atoms with Gasteiger partial charge in [-0.05, 0) is 42.8 Å². The fourth-order valence-electron chi connectivity index (χ4n) is 3.12. The van der Waals surface area contributed by atoms with Crippen LogP contribution in [0, 0.1) is 6.92 Å². The van der Waals surface area contributed by atoms with Crippen molar-refractivity contribution in [2.75, 3.05) is 42.9 Å². The van der Waals surface area contributed by atoms with E-state index in [1.807, 2.05) is 24.3 Å². The number of nitrogens with zero attached hydrogens (tertiary/aromatic N) is 1. The highest BCUT2D eigenvalue weighted by Gasteiger charge is 2.22. The van der Waals surface area contributed by atoms with Crippen molar-refractivity contribution in [1.82, 2.24) is 0 Å². The summed E-state index contributed by atoms with van der Waals surface area (Å²) in [5, 5.41) is 2.97. The number of hydrogen-bond acceptors (Lipinski definition) is 2. The lowest BCUT2D eigenvalue weighted by molar-refractivity contribution is -0.892. The highest BCUT2D eigenvalue weighted by atomic mass is 79.9. The van der Waals surface area contributed by atoms with Crippen molar-refractivity contribution >= 4 is 33.2 Å². The predicted octanol–water partition coefficient (Wildman–Crippen LogP) is 2.10. The third-order valence-electron chi connectivity index (χ3n) is 4.47. The van der Waals surface area contributed by atoms with Crippen molar-refractivity contribution in [2.24, 2.45) is 0 Å². The summed E-state index contributed by atoms with van der Waals surface area (Å²) in [6.07, 6.45) is 0. The average Bonchev–Trinajstić information content (AvgIpc) is 2.58. The molecule has 2 N–H and O–H groups in total. The Hall–Kier alpha value is -1.85. The van der Waals surface area contributed by atoms with E-state index in [-0.39, 0.29) is 5.91 Å². The van der Waals surface area contributed by atoms with Gasteiger partial charge in [-0.1, -0.05) is 34.1 Å². The Morgan fingerprint density at radius 1 is 1.12 bits per heavy atom. The number of hydrogen-bond donors (Lipinski definition) is 2. The van der Waals surface area contributed by atoms with Crippen LogP contribution >= 0.6 is 15.9 Å². The minimum absolute atomic E-state index is 0.0802. The van der Waals surface area contributed by atoms with Gasteiger partial charge in [0.05, 0.1) is 26.2 Å². The van der Waals surface area contributed by atoms with Gasteiger partial charge < -0.3 is 15.1 Å². The summed E-state index contributed by atoms with van der Waals surface area (Å²) < 4.78 is 1.01. The molecule has 0 spiro atoms. The molecule has 2 aromatic carbocycles. The molecule has 1 aliphatic heterocycles. The number of amides is 1. The maximum atomic E-state index is 12.2.